The molecule has 0 spiro atoms. The summed E-state index contributed by atoms with van der Waals surface area (Å²) in [5, 5.41) is 2.89. The SMILES string of the molecule is CC(=O)N1CCC(N(CCNC(=O)c2ccc(F)cn2)C2CCOCC2)CC1. The van der Waals surface area contributed by atoms with Crippen LogP contribution in [-0.4, -0.2) is 78.1 Å². The topological polar surface area (TPSA) is 74.8 Å². The lowest BCUT2D eigenvalue weighted by atomic mass is 9.98. The number of likely N-dealkylation sites (tertiary alicyclic amines) is 1. The van der Waals surface area contributed by atoms with Crippen molar-refractivity contribution >= 4 is 11.8 Å². The van der Waals surface area contributed by atoms with E-state index in [1.807, 2.05) is 4.90 Å². The van der Waals surface area contributed by atoms with Crippen LogP contribution in [0, 0.1) is 5.82 Å². The van der Waals surface area contributed by atoms with Crippen molar-refractivity contribution in [2.45, 2.75) is 44.7 Å². The number of halogens is 1. The van der Waals surface area contributed by atoms with E-state index < -0.39 is 5.82 Å². The Morgan fingerprint density at radius 3 is 2.50 bits per heavy atom. The van der Waals surface area contributed by atoms with Gasteiger partial charge in [-0.05, 0) is 37.8 Å². The number of amides is 2. The van der Waals surface area contributed by atoms with E-state index in [1.54, 1.807) is 6.92 Å². The third kappa shape index (κ3) is 5.48. The molecule has 1 aromatic rings. The first kappa shape index (κ1) is 20.7. The fourth-order valence-corrected chi connectivity index (χ4v) is 4.09. The van der Waals surface area contributed by atoms with Crippen molar-refractivity contribution in [2.75, 3.05) is 39.4 Å². The molecule has 0 aromatic carbocycles. The zero-order valence-electron chi connectivity index (χ0n) is 16.4. The third-order valence-electron chi connectivity index (χ3n) is 5.65. The first-order valence-electron chi connectivity index (χ1n) is 10.0. The van der Waals surface area contributed by atoms with E-state index in [4.69, 9.17) is 4.74 Å². The van der Waals surface area contributed by atoms with E-state index in [0.717, 1.165) is 64.7 Å². The summed E-state index contributed by atoms with van der Waals surface area (Å²) in [5.74, 6) is -0.618. The van der Waals surface area contributed by atoms with Crippen LogP contribution >= 0.6 is 0 Å². The van der Waals surface area contributed by atoms with Crippen molar-refractivity contribution in [3.63, 3.8) is 0 Å². The summed E-state index contributed by atoms with van der Waals surface area (Å²) >= 11 is 0. The molecule has 2 amide bonds. The zero-order chi connectivity index (χ0) is 19.9. The number of ether oxygens (including phenoxy) is 1. The van der Waals surface area contributed by atoms with E-state index in [0.29, 0.717) is 18.6 Å². The van der Waals surface area contributed by atoms with Crippen molar-refractivity contribution in [1.82, 2.24) is 20.1 Å². The van der Waals surface area contributed by atoms with E-state index in [9.17, 15) is 14.0 Å². The van der Waals surface area contributed by atoms with E-state index in [-0.39, 0.29) is 17.5 Å². The highest BCUT2D eigenvalue weighted by molar-refractivity contribution is 5.92. The summed E-state index contributed by atoms with van der Waals surface area (Å²) in [7, 11) is 0. The van der Waals surface area contributed by atoms with Crippen molar-refractivity contribution in [3.05, 3.63) is 29.8 Å². The molecule has 0 unspecified atom stereocenters. The minimum atomic E-state index is -0.459. The normalized spacial score (nSPS) is 19.0. The van der Waals surface area contributed by atoms with E-state index >= 15 is 0 Å². The number of hydrogen-bond acceptors (Lipinski definition) is 5. The quantitative estimate of drug-likeness (QED) is 0.793. The van der Waals surface area contributed by atoms with Gasteiger partial charge in [0.05, 0.1) is 6.20 Å². The highest BCUT2D eigenvalue weighted by Gasteiger charge is 2.31. The lowest BCUT2D eigenvalue weighted by Crippen LogP contribution is -2.53. The van der Waals surface area contributed by atoms with Crippen LogP contribution in [-0.2, 0) is 9.53 Å². The molecule has 1 N–H and O–H groups in total. The van der Waals surface area contributed by atoms with Crippen LogP contribution in [0.5, 0.6) is 0 Å². The Morgan fingerprint density at radius 1 is 1.21 bits per heavy atom. The van der Waals surface area contributed by atoms with Gasteiger partial charge < -0.3 is 15.0 Å². The molecule has 7 nitrogen and oxygen atoms in total. The van der Waals surface area contributed by atoms with Crippen LogP contribution in [0.2, 0.25) is 0 Å². The number of pyridine rings is 1. The summed E-state index contributed by atoms with van der Waals surface area (Å²) in [5.41, 5.74) is 0.216. The Kier molecular flexibility index (Phi) is 7.33. The van der Waals surface area contributed by atoms with Gasteiger partial charge in [0.25, 0.3) is 5.91 Å². The molecule has 0 atom stereocenters. The summed E-state index contributed by atoms with van der Waals surface area (Å²) in [6, 6.07) is 3.46. The first-order valence-corrected chi connectivity index (χ1v) is 10.0. The average Bonchev–Trinajstić information content (AvgIpc) is 2.72. The predicted molar refractivity (Wildman–Crippen MR) is 102 cm³/mol. The van der Waals surface area contributed by atoms with Crippen molar-refractivity contribution in [2.24, 2.45) is 0 Å². The molecule has 2 aliphatic rings. The molecule has 2 fully saturated rings. The fraction of sp³-hybridized carbons (Fsp3) is 0.650. The monoisotopic (exact) mass is 392 g/mol. The van der Waals surface area contributed by atoms with Crippen LogP contribution < -0.4 is 5.32 Å². The van der Waals surface area contributed by atoms with Crippen molar-refractivity contribution in [1.29, 1.82) is 0 Å². The van der Waals surface area contributed by atoms with Gasteiger partial charge in [0.1, 0.15) is 11.5 Å². The Labute approximate surface area is 165 Å². The standard InChI is InChI=1S/C20H29FN4O3/c1-15(26)24-9-4-17(5-10-24)25(18-6-12-28-13-7-18)11-8-22-20(27)19-3-2-16(21)14-23-19/h2-3,14,17-18H,4-13H2,1H3,(H,22,27). The first-order chi connectivity index (χ1) is 13.5. The number of carbonyl (C=O) groups is 2. The second-order valence-corrected chi connectivity index (χ2v) is 7.44. The van der Waals surface area contributed by atoms with Gasteiger partial charge in [-0.1, -0.05) is 0 Å². The number of rotatable bonds is 6. The van der Waals surface area contributed by atoms with Gasteiger partial charge in [-0.2, -0.15) is 0 Å². The third-order valence-corrected chi connectivity index (χ3v) is 5.65. The van der Waals surface area contributed by atoms with Gasteiger partial charge in [-0.15, -0.1) is 0 Å². The predicted octanol–water partition coefficient (Wildman–Crippen LogP) is 1.44. The largest absolute Gasteiger partial charge is 0.381 e. The number of piperidine rings is 1. The summed E-state index contributed by atoms with van der Waals surface area (Å²) < 4.78 is 18.5. The van der Waals surface area contributed by atoms with Gasteiger partial charge in [0.2, 0.25) is 5.91 Å². The number of nitrogens with zero attached hydrogens (tertiary/aromatic N) is 3. The molecule has 0 radical (unpaired) electrons. The number of carbonyl (C=O) groups excluding carboxylic acids is 2. The molecule has 0 saturated carbocycles. The lowest BCUT2D eigenvalue weighted by molar-refractivity contribution is -0.130. The van der Waals surface area contributed by atoms with Crippen LogP contribution in [0.4, 0.5) is 4.39 Å². The van der Waals surface area contributed by atoms with Gasteiger partial charge >= 0.3 is 0 Å². The Bertz CT molecular complexity index is 656. The highest BCUT2D eigenvalue weighted by atomic mass is 19.1. The molecule has 8 heteroatoms. The zero-order valence-corrected chi connectivity index (χ0v) is 16.4. The maximum absolute atomic E-state index is 13.0. The minimum Gasteiger partial charge on any atom is -0.381 e. The van der Waals surface area contributed by atoms with Crippen LogP contribution in [0.3, 0.4) is 0 Å². The maximum atomic E-state index is 13.0. The molecule has 28 heavy (non-hydrogen) atoms. The highest BCUT2D eigenvalue weighted by Crippen LogP contribution is 2.23. The number of hydrogen-bond donors (Lipinski definition) is 1. The van der Waals surface area contributed by atoms with Gasteiger partial charge in [0.15, 0.2) is 0 Å². The second-order valence-electron chi connectivity index (χ2n) is 7.44. The molecule has 0 bridgehead atoms. The molecular formula is C20H29FN4O3. The fourth-order valence-electron chi connectivity index (χ4n) is 4.09. The molecule has 2 aliphatic heterocycles. The Hall–Kier alpha value is -2.06. The van der Waals surface area contributed by atoms with Crippen LogP contribution in [0.15, 0.2) is 18.3 Å². The van der Waals surface area contributed by atoms with Gasteiger partial charge in [-0.3, -0.25) is 14.5 Å². The summed E-state index contributed by atoms with van der Waals surface area (Å²) in [6.45, 7) is 5.95. The summed E-state index contributed by atoms with van der Waals surface area (Å²) in [6.07, 6.45) is 4.92. The smallest absolute Gasteiger partial charge is 0.269 e. The van der Waals surface area contributed by atoms with Crippen LogP contribution in [0.25, 0.3) is 0 Å². The van der Waals surface area contributed by atoms with Crippen LogP contribution in [0.1, 0.15) is 43.1 Å². The maximum Gasteiger partial charge on any atom is 0.269 e. The molecule has 2 saturated heterocycles. The number of aromatic nitrogens is 1. The van der Waals surface area contributed by atoms with E-state index in [2.05, 4.69) is 15.2 Å². The Morgan fingerprint density at radius 2 is 1.89 bits per heavy atom. The van der Waals surface area contributed by atoms with Gasteiger partial charge in [0, 0.05) is 58.4 Å². The van der Waals surface area contributed by atoms with Crippen molar-refractivity contribution < 1.29 is 18.7 Å². The lowest BCUT2D eigenvalue weighted by Gasteiger charge is -2.43. The Balaban J connectivity index is 1.55. The average molecular weight is 392 g/mol. The molecule has 0 aliphatic carbocycles. The summed E-state index contributed by atoms with van der Waals surface area (Å²) in [4.78, 5) is 32.0. The molecular weight excluding hydrogens is 363 g/mol. The molecule has 1 aromatic heterocycles. The molecule has 3 rings (SSSR count). The van der Waals surface area contributed by atoms with Gasteiger partial charge in [-0.25, -0.2) is 9.37 Å². The number of nitrogens with one attached hydrogen (secondary N) is 1. The molecule has 154 valence electrons. The molecule has 3 heterocycles. The second kappa shape index (κ2) is 9.93. The van der Waals surface area contributed by atoms with Crippen molar-refractivity contribution in [3.8, 4) is 0 Å². The van der Waals surface area contributed by atoms with E-state index in [1.165, 1.54) is 12.1 Å². The minimum absolute atomic E-state index is 0.134.